The Labute approximate surface area is 126 Å². The summed E-state index contributed by atoms with van der Waals surface area (Å²) in [5, 5.41) is 0. The molecule has 4 aliphatic carbocycles. The van der Waals surface area contributed by atoms with Crippen LogP contribution in [0.15, 0.2) is 24.3 Å². The summed E-state index contributed by atoms with van der Waals surface area (Å²) in [5.41, 5.74) is 4.60. The highest BCUT2D eigenvalue weighted by Gasteiger charge is 2.51. The number of nitrogens with two attached hydrogens (primary N) is 1. The molecule has 1 aromatic carbocycles. The zero-order valence-corrected chi connectivity index (χ0v) is 12.5. The van der Waals surface area contributed by atoms with E-state index in [-0.39, 0.29) is 11.9 Å². The van der Waals surface area contributed by atoms with Gasteiger partial charge in [-0.1, -0.05) is 12.1 Å². The van der Waals surface area contributed by atoms with Crippen LogP contribution in [-0.2, 0) is 0 Å². The smallest absolute Gasteiger partial charge is 0.123 e. The first-order valence-electron chi connectivity index (χ1n) is 8.37. The predicted molar refractivity (Wildman–Crippen MR) is 81.7 cm³/mol. The second kappa shape index (κ2) is 5.06. The number of hydrogen-bond acceptors (Lipinski definition) is 2. The van der Waals surface area contributed by atoms with Crippen molar-refractivity contribution in [3.63, 3.8) is 0 Å². The summed E-state index contributed by atoms with van der Waals surface area (Å²) in [5.74, 6) is 8.53. The first-order valence-corrected chi connectivity index (χ1v) is 8.37. The van der Waals surface area contributed by atoms with E-state index in [4.69, 9.17) is 5.84 Å². The topological polar surface area (TPSA) is 38.0 Å². The standard InChI is InChI=1S/C18H25FN2/c19-16-3-1-15(2-4-16)17(21-20)11-18-8-12-5-13(9-18)7-14(6-12)10-18/h1-4,12-14,17,21H,5-11,20H2. The van der Waals surface area contributed by atoms with Crippen molar-refractivity contribution in [1.82, 2.24) is 5.43 Å². The normalized spacial score (nSPS) is 38.7. The highest BCUT2D eigenvalue weighted by molar-refractivity contribution is 5.20. The number of hydrogen-bond donors (Lipinski definition) is 2. The van der Waals surface area contributed by atoms with Crippen molar-refractivity contribution in [3.05, 3.63) is 35.6 Å². The maximum atomic E-state index is 13.1. The minimum Gasteiger partial charge on any atom is -0.271 e. The largest absolute Gasteiger partial charge is 0.271 e. The molecule has 2 nitrogen and oxygen atoms in total. The van der Waals surface area contributed by atoms with E-state index >= 15 is 0 Å². The van der Waals surface area contributed by atoms with Gasteiger partial charge in [0.2, 0.25) is 0 Å². The van der Waals surface area contributed by atoms with Gasteiger partial charge in [-0.05, 0) is 85.8 Å². The van der Waals surface area contributed by atoms with Crippen LogP contribution >= 0.6 is 0 Å². The van der Waals surface area contributed by atoms with Crippen molar-refractivity contribution < 1.29 is 4.39 Å². The van der Waals surface area contributed by atoms with Crippen LogP contribution in [0, 0.1) is 29.0 Å². The van der Waals surface area contributed by atoms with Gasteiger partial charge in [0.15, 0.2) is 0 Å². The lowest BCUT2D eigenvalue weighted by molar-refractivity contribution is -0.0623. The molecule has 5 rings (SSSR count). The van der Waals surface area contributed by atoms with Crippen LogP contribution in [-0.4, -0.2) is 0 Å². The Morgan fingerprint density at radius 3 is 2.05 bits per heavy atom. The molecule has 0 radical (unpaired) electrons. The fourth-order valence-corrected chi connectivity index (χ4v) is 5.94. The summed E-state index contributed by atoms with van der Waals surface area (Å²) >= 11 is 0. The molecule has 1 aromatic rings. The Morgan fingerprint density at radius 1 is 1.05 bits per heavy atom. The maximum Gasteiger partial charge on any atom is 0.123 e. The van der Waals surface area contributed by atoms with Crippen molar-refractivity contribution in [2.24, 2.45) is 29.0 Å². The Balaban J connectivity index is 1.55. The molecule has 114 valence electrons. The summed E-state index contributed by atoms with van der Waals surface area (Å²) in [6.07, 6.45) is 9.68. The van der Waals surface area contributed by atoms with Crippen LogP contribution in [0.4, 0.5) is 4.39 Å². The lowest BCUT2D eigenvalue weighted by atomic mass is 9.48. The third-order valence-electron chi connectivity index (χ3n) is 6.28. The molecular formula is C18H25FN2. The molecule has 0 amide bonds. The number of nitrogens with one attached hydrogen (secondary N) is 1. The zero-order valence-electron chi connectivity index (χ0n) is 12.5. The van der Waals surface area contributed by atoms with Crippen molar-refractivity contribution in [2.45, 2.75) is 51.0 Å². The molecule has 4 fully saturated rings. The molecule has 0 aromatic heterocycles. The van der Waals surface area contributed by atoms with Crippen LogP contribution in [0.3, 0.4) is 0 Å². The fraction of sp³-hybridized carbons (Fsp3) is 0.667. The lowest BCUT2D eigenvalue weighted by Gasteiger charge is -2.57. The Kier molecular flexibility index (Phi) is 3.31. The van der Waals surface area contributed by atoms with Crippen molar-refractivity contribution >= 4 is 0 Å². The van der Waals surface area contributed by atoms with Crippen LogP contribution in [0.1, 0.15) is 56.6 Å². The third kappa shape index (κ3) is 2.51. The molecule has 0 spiro atoms. The second-order valence-corrected chi connectivity index (χ2v) is 7.89. The van der Waals surface area contributed by atoms with Gasteiger partial charge in [0.1, 0.15) is 5.82 Å². The van der Waals surface area contributed by atoms with Crippen molar-refractivity contribution in [1.29, 1.82) is 0 Å². The zero-order chi connectivity index (χ0) is 14.4. The van der Waals surface area contributed by atoms with E-state index in [1.807, 2.05) is 12.1 Å². The van der Waals surface area contributed by atoms with E-state index in [1.54, 1.807) is 12.1 Å². The number of hydrazine groups is 1. The summed E-state index contributed by atoms with van der Waals surface area (Å²) < 4.78 is 13.1. The highest BCUT2D eigenvalue weighted by atomic mass is 19.1. The van der Waals surface area contributed by atoms with Gasteiger partial charge in [0, 0.05) is 6.04 Å². The predicted octanol–water partition coefficient (Wildman–Crippen LogP) is 3.94. The first-order chi connectivity index (χ1) is 10.2. The molecule has 4 saturated carbocycles. The molecule has 1 atom stereocenters. The summed E-state index contributed by atoms with van der Waals surface area (Å²) in [7, 11) is 0. The number of benzene rings is 1. The van der Waals surface area contributed by atoms with Gasteiger partial charge in [-0.15, -0.1) is 0 Å². The average molecular weight is 288 g/mol. The molecule has 0 aliphatic heterocycles. The van der Waals surface area contributed by atoms with Crippen molar-refractivity contribution in [3.8, 4) is 0 Å². The third-order valence-corrected chi connectivity index (χ3v) is 6.28. The van der Waals surface area contributed by atoms with Gasteiger partial charge in [0.25, 0.3) is 0 Å². The van der Waals surface area contributed by atoms with Gasteiger partial charge in [0.05, 0.1) is 0 Å². The van der Waals surface area contributed by atoms with Gasteiger partial charge in [-0.2, -0.15) is 0 Å². The molecular weight excluding hydrogens is 263 g/mol. The highest BCUT2D eigenvalue weighted by Crippen LogP contribution is 2.62. The van der Waals surface area contributed by atoms with Gasteiger partial charge < -0.3 is 0 Å². The number of halogens is 1. The maximum absolute atomic E-state index is 13.1. The van der Waals surface area contributed by atoms with Crippen LogP contribution in [0.25, 0.3) is 0 Å². The molecule has 4 bridgehead atoms. The monoisotopic (exact) mass is 288 g/mol. The quantitative estimate of drug-likeness (QED) is 0.650. The fourth-order valence-electron chi connectivity index (χ4n) is 5.94. The molecule has 21 heavy (non-hydrogen) atoms. The van der Waals surface area contributed by atoms with E-state index in [0.29, 0.717) is 5.41 Å². The Morgan fingerprint density at radius 2 is 1.57 bits per heavy atom. The molecule has 0 saturated heterocycles. The molecule has 3 heteroatoms. The average Bonchev–Trinajstić information content (AvgIpc) is 2.44. The second-order valence-electron chi connectivity index (χ2n) is 7.89. The lowest BCUT2D eigenvalue weighted by Crippen LogP contribution is -2.48. The molecule has 4 aliphatic rings. The van der Waals surface area contributed by atoms with E-state index in [1.165, 1.54) is 38.5 Å². The van der Waals surface area contributed by atoms with Gasteiger partial charge >= 0.3 is 0 Å². The minimum atomic E-state index is -0.177. The first kappa shape index (κ1) is 13.7. The van der Waals surface area contributed by atoms with Gasteiger partial charge in [-0.3, -0.25) is 11.3 Å². The van der Waals surface area contributed by atoms with E-state index in [9.17, 15) is 4.39 Å². The van der Waals surface area contributed by atoms with Crippen LogP contribution in [0.5, 0.6) is 0 Å². The SMILES string of the molecule is NNC(CC12CC3CC(CC(C3)C1)C2)c1ccc(F)cc1. The minimum absolute atomic E-state index is 0.154. The molecule has 1 unspecified atom stereocenters. The summed E-state index contributed by atoms with van der Waals surface area (Å²) in [4.78, 5) is 0. The van der Waals surface area contributed by atoms with Crippen LogP contribution in [0.2, 0.25) is 0 Å². The Bertz CT molecular complexity index is 475. The summed E-state index contributed by atoms with van der Waals surface area (Å²) in [6.45, 7) is 0. The van der Waals surface area contributed by atoms with E-state index in [0.717, 1.165) is 29.7 Å². The Hall–Kier alpha value is -0.930. The van der Waals surface area contributed by atoms with Crippen LogP contribution < -0.4 is 11.3 Å². The number of rotatable bonds is 4. The van der Waals surface area contributed by atoms with E-state index in [2.05, 4.69) is 5.43 Å². The molecule has 0 heterocycles. The molecule has 3 N–H and O–H groups in total. The van der Waals surface area contributed by atoms with Crippen molar-refractivity contribution in [2.75, 3.05) is 0 Å². The van der Waals surface area contributed by atoms with Gasteiger partial charge in [-0.25, -0.2) is 4.39 Å². The summed E-state index contributed by atoms with van der Waals surface area (Å²) in [6, 6.07) is 6.99. The van der Waals surface area contributed by atoms with E-state index < -0.39 is 0 Å².